The van der Waals surface area contributed by atoms with Crippen molar-refractivity contribution in [3.63, 3.8) is 0 Å². The Kier molecular flexibility index (Phi) is 2.48. The Morgan fingerprint density at radius 1 is 1.62 bits per heavy atom. The van der Waals surface area contributed by atoms with Crippen LogP contribution in [0.5, 0.6) is 0 Å². The van der Waals surface area contributed by atoms with Gasteiger partial charge in [-0.1, -0.05) is 0 Å². The molecule has 1 aromatic rings. The lowest BCUT2D eigenvalue weighted by molar-refractivity contribution is 0.0455. The first-order chi connectivity index (χ1) is 6.38. The first-order valence-electron chi connectivity index (χ1n) is 3.99. The van der Waals surface area contributed by atoms with E-state index in [9.17, 15) is 0 Å². The fraction of sp³-hybridized carbons (Fsp3) is 0.333. The highest BCUT2D eigenvalue weighted by Crippen LogP contribution is 2.27. The van der Waals surface area contributed by atoms with Crippen LogP contribution < -0.4 is 0 Å². The minimum atomic E-state index is 0.477. The molecule has 66 valence electrons. The maximum Gasteiger partial charge on any atom is 0.141 e. The lowest BCUT2D eigenvalue weighted by Crippen LogP contribution is -2.30. The van der Waals surface area contributed by atoms with Gasteiger partial charge in [-0.25, -0.2) is 4.98 Å². The second kappa shape index (κ2) is 3.77. The van der Waals surface area contributed by atoms with Crippen molar-refractivity contribution in [2.75, 3.05) is 13.2 Å². The molecule has 0 N–H and O–H groups in total. The van der Waals surface area contributed by atoms with Gasteiger partial charge in [0.1, 0.15) is 11.8 Å². The van der Waals surface area contributed by atoms with Gasteiger partial charge >= 0.3 is 0 Å². The van der Waals surface area contributed by atoms with Gasteiger partial charge in [-0.05, 0) is 12.1 Å². The molecule has 2 rings (SSSR count). The Morgan fingerprint density at radius 2 is 2.46 bits per heavy atom. The van der Waals surface area contributed by atoms with Crippen molar-refractivity contribution in [1.82, 2.24) is 4.98 Å². The molecule has 0 unspecified atom stereocenters. The van der Waals surface area contributed by atoms with Gasteiger partial charge in [-0.3, -0.25) is 0 Å². The number of ether oxygens (including phenoxy) is 1. The lowest BCUT2D eigenvalue weighted by Gasteiger charge is -2.24. The van der Waals surface area contributed by atoms with E-state index in [4.69, 9.17) is 10.00 Å². The van der Waals surface area contributed by atoms with Crippen LogP contribution in [0.2, 0.25) is 0 Å². The summed E-state index contributed by atoms with van der Waals surface area (Å²) in [6.45, 7) is 1.63. The standard InChI is InChI=1S/C9H8N2OS/c10-4-7-3-8(1-2-11-7)13-9-5-12-6-9/h1-3,9H,5-6H2. The van der Waals surface area contributed by atoms with E-state index in [0.29, 0.717) is 10.9 Å². The molecule has 3 nitrogen and oxygen atoms in total. The van der Waals surface area contributed by atoms with Gasteiger partial charge in [-0.15, -0.1) is 11.8 Å². The Bertz CT molecular complexity index is 344. The summed E-state index contributed by atoms with van der Waals surface area (Å²) in [4.78, 5) is 5.00. The van der Waals surface area contributed by atoms with E-state index in [1.165, 1.54) is 0 Å². The summed E-state index contributed by atoms with van der Waals surface area (Å²) in [5, 5.41) is 9.17. The average Bonchev–Trinajstić information content (AvgIpc) is 2.12. The van der Waals surface area contributed by atoms with E-state index in [0.717, 1.165) is 18.1 Å². The van der Waals surface area contributed by atoms with Crippen LogP contribution in [0.4, 0.5) is 0 Å². The zero-order valence-corrected chi connectivity index (χ0v) is 7.75. The van der Waals surface area contributed by atoms with E-state index in [2.05, 4.69) is 4.98 Å². The zero-order valence-electron chi connectivity index (χ0n) is 6.93. The van der Waals surface area contributed by atoms with Crippen molar-refractivity contribution < 1.29 is 4.74 Å². The summed E-state index contributed by atoms with van der Waals surface area (Å²) in [6, 6.07) is 5.75. The van der Waals surface area contributed by atoms with Gasteiger partial charge in [-0.2, -0.15) is 5.26 Å². The molecule has 1 fully saturated rings. The zero-order chi connectivity index (χ0) is 9.10. The Hall–Kier alpha value is -1.05. The molecule has 4 heteroatoms. The Morgan fingerprint density at radius 3 is 3.08 bits per heavy atom. The summed E-state index contributed by atoms with van der Waals surface area (Å²) in [5.41, 5.74) is 0.477. The summed E-state index contributed by atoms with van der Waals surface area (Å²) in [6.07, 6.45) is 1.67. The second-order valence-corrected chi connectivity index (χ2v) is 4.14. The van der Waals surface area contributed by atoms with Crippen LogP contribution in [0.15, 0.2) is 23.2 Å². The Balaban J connectivity index is 2.07. The van der Waals surface area contributed by atoms with Crippen LogP contribution in [0.1, 0.15) is 5.69 Å². The molecule has 0 radical (unpaired) electrons. The van der Waals surface area contributed by atoms with Gasteiger partial charge in [0.15, 0.2) is 0 Å². The predicted molar refractivity (Wildman–Crippen MR) is 49.4 cm³/mol. The van der Waals surface area contributed by atoms with E-state index < -0.39 is 0 Å². The molecule has 0 atom stereocenters. The summed E-state index contributed by atoms with van der Waals surface area (Å²) in [7, 11) is 0. The van der Waals surface area contributed by atoms with Crippen molar-refractivity contribution in [2.45, 2.75) is 10.1 Å². The van der Waals surface area contributed by atoms with Gasteiger partial charge in [0, 0.05) is 11.1 Å². The van der Waals surface area contributed by atoms with E-state index >= 15 is 0 Å². The van der Waals surface area contributed by atoms with Gasteiger partial charge < -0.3 is 4.74 Å². The highest BCUT2D eigenvalue weighted by Gasteiger charge is 2.19. The molecule has 1 saturated heterocycles. The predicted octanol–water partition coefficient (Wildman–Crippen LogP) is 1.44. The largest absolute Gasteiger partial charge is 0.379 e. The SMILES string of the molecule is N#Cc1cc(SC2COC2)ccn1. The normalized spacial score (nSPS) is 16.2. The summed E-state index contributed by atoms with van der Waals surface area (Å²) < 4.78 is 5.06. The Labute approximate surface area is 80.7 Å². The summed E-state index contributed by atoms with van der Waals surface area (Å²) in [5.74, 6) is 0. The third kappa shape index (κ3) is 2.00. The fourth-order valence-electron chi connectivity index (χ4n) is 1.02. The van der Waals surface area contributed by atoms with Crippen LogP contribution in [0.25, 0.3) is 0 Å². The quantitative estimate of drug-likeness (QED) is 0.711. The lowest BCUT2D eigenvalue weighted by atomic mass is 10.4. The van der Waals surface area contributed by atoms with Crippen molar-refractivity contribution in [3.8, 4) is 6.07 Å². The molecule has 13 heavy (non-hydrogen) atoms. The van der Waals surface area contributed by atoms with Crippen LogP contribution in [-0.2, 0) is 4.74 Å². The van der Waals surface area contributed by atoms with Crippen molar-refractivity contribution >= 4 is 11.8 Å². The van der Waals surface area contributed by atoms with E-state index in [-0.39, 0.29) is 0 Å². The van der Waals surface area contributed by atoms with Crippen molar-refractivity contribution in [1.29, 1.82) is 5.26 Å². The minimum Gasteiger partial charge on any atom is -0.379 e. The van der Waals surface area contributed by atoms with Gasteiger partial charge in [0.05, 0.1) is 18.5 Å². The number of nitriles is 1. The monoisotopic (exact) mass is 192 g/mol. The molecule has 0 amide bonds. The molecule has 1 aliphatic heterocycles. The molecule has 1 aliphatic rings. The molecule has 0 saturated carbocycles. The number of nitrogens with zero attached hydrogens (tertiary/aromatic N) is 2. The second-order valence-electron chi connectivity index (χ2n) is 2.77. The highest BCUT2D eigenvalue weighted by atomic mass is 32.2. The smallest absolute Gasteiger partial charge is 0.141 e. The van der Waals surface area contributed by atoms with Gasteiger partial charge in [0.2, 0.25) is 0 Å². The molecule has 0 aromatic carbocycles. The van der Waals surface area contributed by atoms with Crippen molar-refractivity contribution in [2.24, 2.45) is 0 Å². The first kappa shape index (κ1) is 8.54. The molecule has 0 aliphatic carbocycles. The third-order valence-corrected chi connectivity index (χ3v) is 2.89. The van der Waals surface area contributed by atoms with Crippen LogP contribution >= 0.6 is 11.8 Å². The number of rotatable bonds is 2. The molecule has 2 heterocycles. The molecular formula is C9H8N2OS. The molecular weight excluding hydrogens is 184 g/mol. The minimum absolute atomic E-state index is 0.477. The van der Waals surface area contributed by atoms with Gasteiger partial charge in [0.25, 0.3) is 0 Å². The topological polar surface area (TPSA) is 45.9 Å². The maximum atomic E-state index is 8.62. The number of pyridine rings is 1. The average molecular weight is 192 g/mol. The van der Waals surface area contributed by atoms with Crippen LogP contribution in [0, 0.1) is 11.3 Å². The molecule has 0 spiro atoms. The van der Waals surface area contributed by atoms with Crippen molar-refractivity contribution in [3.05, 3.63) is 24.0 Å². The maximum absolute atomic E-state index is 8.62. The number of aromatic nitrogens is 1. The fourth-order valence-corrected chi connectivity index (χ4v) is 2.05. The van der Waals surface area contributed by atoms with E-state index in [1.54, 1.807) is 18.0 Å². The summed E-state index contributed by atoms with van der Waals surface area (Å²) >= 11 is 1.74. The van der Waals surface area contributed by atoms with E-state index in [1.807, 2.05) is 18.2 Å². The van der Waals surface area contributed by atoms with Crippen LogP contribution in [0.3, 0.4) is 0 Å². The number of hydrogen-bond donors (Lipinski definition) is 0. The van der Waals surface area contributed by atoms with Crippen LogP contribution in [-0.4, -0.2) is 23.4 Å². The number of hydrogen-bond acceptors (Lipinski definition) is 4. The molecule has 0 bridgehead atoms. The number of thioether (sulfide) groups is 1. The first-order valence-corrected chi connectivity index (χ1v) is 4.87. The molecule has 1 aromatic heterocycles. The highest BCUT2D eigenvalue weighted by molar-refractivity contribution is 8.00. The third-order valence-electron chi connectivity index (χ3n) is 1.76.